The molecular weight excluding hydrogens is 420 g/mol. The number of hydrogen-bond donors (Lipinski definition) is 1. The first-order chi connectivity index (χ1) is 15.8. The molecule has 0 unspecified atom stereocenters. The van der Waals surface area contributed by atoms with Gasteiger partial charge in [0, 0.05) is 0 Å². The Morgan fingerprint density at radius 3 is 2.35 bits per heavy atom. The number of carbonyl (C=O) groups excluding carboxylic acids is 1. The SMILES string of the molecule is COC(=O)[C@H](C)CCC[C@H](C)[C@@H]1CC[C@]2(C)C3=C(CC[C@@]12C)[C@@]1(C)CC[C@@H](O)C(C)(C)[C@@H]1CC3. The maximum Gasteiger partial charge on any atom is 0.308 e. The molecule has 0 aromatic rings. The normalized spacial score (nSPS) is 42.9. The highest BCUT2D eigenvalue weighted by Gasteiger charge is 2.63. The van der Waals surface area contributed by atoms with Gasteiger partial charge in [-0.3, -0.25) is 4.79 Å². The van der Waals surface area contributed by atoms with Gasteiger partial charge in [-0.05, 0) is 97.2 Å². The molecule has 0 aromatic carbocycles. The number of esters is 1. The maximum atomic E-state index is 11.8. The molecule has 34 heavy (non-hydrogen) atoms. The highest BCUT2D eigenvalue weighted by molar-refractivity contribution is 5.71. The van der Waals surface area contributed by atoms with Crippen molar-refractivity contribution < 1.29 is 14.6 Å². The standard InChI is InChI=1S/C31H52O3/c1-20(10-9-11-21(2)27(33)34-8)22-14-18-31(7)24-12-13-25-28(3,4)26(32)16-17-29(25,5)23(24)15-19-30(22,31)6/h20-22,25-26,32H,9-19H2,1-8H3/t20-,21+,22-,25-,26+,29+,30-,31+/m0/s1. The van der Waals surface area contributed by atoms with Gasteiger partial charge in [-0.1, -0.05) is 72.5 Å². The maximum absolute atomic E-state index is 11.8. The van der Waals surface area contributed by atoms with Gasteiger partial charge in [0.1, 0.15) is 0 Å². The topological polar surface area (TPSA) is 46.5 Å². The zero-order chi connectivity index (χ0) is 25.1. The molecule has 0 aromatic heterocycles. The fourth-order valence-corrected chi connectivity index (χ4v) is 9.90. The van der Waals surface area contributed by atoms with Crippen LogP contribution in [0.15, 0.2) is 11.1 Å². The van der Waals surface area contributed by atoms with Crippen LogP contribution in [0.5, 0.6) is 0 Å². The van der Waals surface area contributed by atoms with E-state index in [2.05, 4.69) is 41.5 Å². The van der Waals surface area contributed by atoms with Crippen molar-refractivity contribution in [3.05, 3.63) is 11.1 Å². The Kier molecular flexibility index (Phi) is 6.89. The third-order valence-electron chi connectivity index (χ3n) is 12.4. The van der Waals surface area contributed by atoms with E-state index >= 15 is 0 Å². The van der Waals surface area contributed by atoms with E-state index in [1.807, 2.05) is 18.1 Å². The average molecular weight is 473 g/mol. The third kappa shape index (κ3) is 3.73. The first-order valence-corrected chi connectivity index (χ1v) is 14.3. The van der Waals surface area contributed by atoms with Crippen LogP contribution in [0.3, 0.4) is 0 Å². The molecule has 1 N–H and O–H groups in total. The Bertz CT molecular complexity index is 827. The van der Waals surface area contributed by atoms with E-state index in [1.165, 1.54) is 52.1 Å². The summed E-state index contributed by atoms with van der Waals surface area (Å²) < 4.78 is 4.93. The zero-order valence-electron chi connectivity index (χ0n) is 23.4. The quantitative estimate of drug-likeness (QED) is 0.318. The summed E-state index contributed by atoms with van der Waals surface area (Å²) in [5.74, 6) is 2.02. The van der Waals surface area contributed by atoms with Crippen LogP contribution in [0.2, 0.25) is 0 Å². The van der Waals surface area contributed by atoms with Crippen LogP contribution >= 0.6 is 0 Å². The van der Waals surface area contributed by atoms with E-state index in [4.69, 9.17) is 4.74 Å². The predicted octanol–water partition coefficient (Wildman–Crippen LogP) is 7.71. The van der Waals surface area contributed by atoms with Crippen LogP contribution in [-0.2, 0) is 9.53 Å². The second-order valence-corrected chi connectivity index (χ2v) is 14.1. The highest BCUT2D eigenvalue weighted by Crippen LogP contribution is 2.72. The van der Waals surface area contributed by atoms with Gasteiger partial charge in [0.15, 0.2) is 0 Å². The molecule has 0 radical (unpaired) electrons. The van der Waals surface area contributed by atoms with E-state index < -0.39 is 0 Å². The highest BCUT2D eigenvalue weighted by atomic mass is 16.5. The van der Waals surface area contributed by atoms with Gasteiger partial charge in [-0.15, -0.1) is 0 Å². The van der Waals surface area contributed by atoms with Gasteiger partial charge >= 0.3 is 5.97 Å². The number of ether oxygens (including phenoxy) is 1. The van der Waals surface area contributed by atoms with Crippen LogP contribution in [0, 0.1) is 45.3 Å². The summed E-state index contributed by atoms with van der Waals surface area (Å²) >= 11 is 0. The molecule has 0 bridgehead atoms. The van der Waals surface area contributed by atoms with Crippen molar-refractivity contribution in [3.8, 4) is 0 Å². The van der Waals surface area contributed by atoms with Crippen molar-refractivity contribution in [2.75, 3.05) is 7.11 Å². The van der Waals surface area contributed by atoms with E-state index in [9.17, 15) is 9.90 Å². The van der Waals surface area contributed by atoms with E-state index in [0.717, 1.165) is 31.6 Å². The summed E-state index contributed by atoms with van der Waals surface area (Å²) in [6.07, 6.45) is 13.0. The molecule has 2 saturated carbocycles. The number of carbonyl (C=O) groups is 1. The van der Waals surface area contributed by atoms with Crippen molar-refractivity contribution in [1.82, 2.24) is 0 Å². The number of allylic oxidation sites excluding steroid dienone is 2. The fraction of sp³-hybridized carbons (Fsp3) is 0.903. The molecule has 8 atom stereocenters. The van der Waals surface area contributed by atoms with Crippen LogP contribution in [0.25, 0.3) is 0 Å². The van der Waals surface area contributed by atoms with E-state index in [-0.39, 0.29) is 28.8 Å². The molecular formula is C31H52O3. The molecule has 4 aliphatic rings. The van der Waals surface area contributed by atoms with E-state index in [1.54, 1.807) is 0 Å². The minimum atomic E-state index is -0.157. The Morgan fingerprint density at radius 1 is 0.971 bits per heavy atom. The first kappa shape index (κ1) is 26.2. The van der Waals surface area contributed by atoms with Gasteiger partial charge in [0.25, 0.3) is 0 Å². The molecule has 194 valence electrons. The van der Waals surface area contributed by atoms with Crippen molar-refractivity contribution in [1.29, 1.82) is 0 Å². The second-order valence-electron chi connectivity index (χ2n) is 14.1. The van der Waals surface area contributed by atoms with Crippen molar-refractivity contribution in [2.24, 2.45) is 45.3 Å². The Labute approximate surface area is 209 Å². The van der Waals surface area contributed by atoms with Gasteiger partial charge in [-0.25, -0.2) is 0 Å². The summed E-state index contributed by atoms with van der Waals surface area (Å²) in [7, 11) is 1.50. The zero-order valence-corrected chi connectivity index (χ0v) is 23.4. The smallest absolute Gasteiger partial charge is 0.308 e. The lowest BCUT2D eigenvalue weighted by molar-refractivity contribution is -0.145. The van der Waals surface area contributed by atoms with Gasteiger partial charge in [0.05, 0.1) is 19.1 Å². The lowest BCUT2D eigenvalue weighted by atomic mass is 9.43. The molecule has 3 nitrogen and oxygen atoms in total. The Balaban J connectivity index is 1.54. The molecule has 2 fully saturated rings. The molecule has 0 amide bonds. The molecule has 0 saturated heterocycles. The average Bonchev–Trinajstić information content (AvgIpc) is 3.07. The Morgan fingerprint density at radius 2 is 1.68 bits per heavy atom. The summed E-state index contributed by atoms with van der Waals surface area (Å²) in [5.41, 5.74) is 4.64. The van der Waals surface area contributed by atoms with Crippen LogP contribution < -0.4 is 0 Å². The van der Waals surface area contributed by atoms with E-state index in [0.29, 0.717) is 22.7 Å². The number of fused-ring (bicyclic) bond motifs is 4. The predicted molar refractivity (Wildman–Crippen MR) is 139 cm³/mol. The molecule has 4 rings (SSSR count). The number of aliphatic hydroxyl groups is 1. The van der Waals surface area contributed by atoms with Gasteiger partial charge in [0.2, 0.25) is 0 Å². The molecule has 0 spiro atoms. The van der Waals surface area contributed by atoms with Crippen LogP contribution in [-0.4, -0.2) is 24.3 Å². The summed E-state index contributed by atoms with van der Waals surface area (Å²) in [5, 5.41) is 10.8. The van der Waals surface area contributed by atoms with Crippen LogP contribution in [0.4, 0.5) is 0 Å². The number of hydrogen-bond acceptors (Lipinski definition) is 3. The Hall–Kier alpha value is -0.830. The molecule has 0 heterocycles. The first-order valence-electron chi connectivity index (χ1n) is 14.3. The van der Waals surface area contributed by atoms with Gasteiger partial charge in [-0.2, -0.15) is 0 Å². The minimum Gasteiger partial charge on any atom is -0.469 e. The number of methoxy groups -OCH3 is 1. The lowest BCUT2D eigenvalue weighted by Crippen LogP contribution is -2.55. The summed E-state index contributed by atoms with van der Waals surface area (Å²) in [6.45, 7) is 17.0. The third-order valence-corrected chi connectivity index (χ3v) is 12.4. The minimum absolute atomic E-state index is 0.0122. The summed E-state index contributed by atoms with van der Waals surface area (Å²) in [6, 6.07) is 0. The monoisotopic (exact) mass is 472 g/mol. The van der Waals surface area contributed by atoms with Crippen molar-refractivity contribution >= 4 is 5.97 Å². The molecule has 3 heteroatoms. The fourth-order valence-electron chi connectivity index (χ4n) is 9.90. The number of rotatable bonds is 6. The summed E-state index contributed by atoms with van der Waals surface area (Å²) in [4.78, 5) is 11.8. The van der Waals surface area contributed by atoms with Crippen molar-refractivity contribution in [2.45, 2.75) is 125 Å². The van der Waals surface area contributed by atoms with Crippen LogP contribution in [0.1, 0.15) is 119 Å². The van der Waals surface area contributed by atoms with Gasteiger partial charge < -0.3 is 9.84 Å². The van der Waals surface area contributed by atoms with Crippen molar-refractivity contribution in [3.63, 3.8) is 0 Å². The molecule has 0 aliphatic heterocycles. The molecule has 4 aliphatic carbocycles. The number of aliphatic hydroxyl groups excluding tert-OH is 1. The lowest BCUT2D eigenvalue weighted by Gasteiger charge is -2.62. The second kappa shape index (κ2) is 8.93. The largest absolute Gasteiger partial charge is 0.469 e.